The van der Waals surface area contributed by atoms with Gasteiger partial charge in [-0.15, -0.1) is 0 Å². The standard InChI is InChI=1S/C26H45N2O7/c1-28(20-21-29)24(31)19-18-22(26(34)35)27-23(30)16-14-12-10-8-6-4-2-3-5-7-9-11-13-15-17-25(32)33/h22H,2-20H2,1H3,(H,27,30)(H,32,33)(H,34,35)/t22-/m0/s1. The predicted octanol–water partition coefficient (Wildman–Crippen LogP) is 4.23. The van der Waals surface area contributed by atoms with Gasteiger partial charge >= 0.3 is 11.9 Å². The largest absolute Gasteiger partial charge is 0.481 e. The molecule has 0 heterocycles. The summed E-state index contributed by atoms with van der Waals surface area (Å²) in [6.07, 6.45) is 17.4. The first-order valence-electron chi connectivity index (χ1n) is 13.1. The molecule has 2 amide bonds. The Kier molecular flexibility index (Phi) is 20.5. The molecular weight excluding hydrogens is 452 g/mol. The van der Waals surface area contributed by atoms with Gasteiger partial charge in [-0.2, -0.15) is 0 Å². The number of rotatable bonds is 24. The van der Waals surface area contributed by atoms with Gasteiger partial charge in [-0.05, 0) is 19.3 Å². The van der Waals surface area contributed by atoms with Crippen LogP contribution in [-0.2, 0) is 24.0 Å². The van der Waals surface area contributed by atoms with Crippen LogP contribution in [0, 0.1) is 0 Å². The molecule has 0 aliphatic rings. The van der Waals surface area contributed by atoms with Crippen molar-refractivity contribution in [2.45, 2.75) is 122 Å². The minimum absolute atomic E-state index is 0.0180. The molecule has 0 aliphatic heterocycles. The van der Waals surface area contributed by atoms with E-state index < -0.39 is 18.0 Å². The van der Waals surface area contributed by atoms with Crippen LogP contribution in [0.3, 0.4) is 0 Å². The van der Waals surface area contributed by atoms with E-state index >= 15 is 0 Å². The molecule has 1 atom stereocenters. The van der Waals surface area contributed by atoms with Gasteiger partial charge in [-0.1, -0.05) is 77.0 Å². The fourth-order valence-electron chi connectivity index (χ4n) is 3.85. The molecule has 9 heteroatoms. The molecule has 0 saturated carbocycles. The van der Waals surface area contributed by atoms with E-state index in [9.17, 15) is 29.1 Å². The average molecular weight is 498 g/mol. The summed E-state index contributed by atoms with van der Waals surface area (Å²) in [6.45, 7) is -0.165. The van der Waals surface area contributed by atoms with Crippen molar-refractivity contribution in [1.82, 2.24) is 10.2 Å². The molecule has 0 fully saturated rings. The van der Waals surface area contributed by atoms with Crippen molar-refractivity contribution in [3.8, 4) is 0 Å². The number of carbonyl (C=O) groups is 4. The number of nitrogens with one attached hydrogen (secondary N) is 1. The van der Waals surface area contributed by atoms with E-state index in [2.05, 4.69) is 5.32 Å². The molecule has 0 bridgehead atoms. The number of carboxylic acid groups (broad SMARTS) is 2. The molecule has 0 rings (SSSR count). The Labute approximate surface area is 210 Å². The number of hydrogen-bond acceptors (Lipinski definition) is 5. The van der Waals surface area contributed by atoms with Crippen molar-refractivity contribution in [1.29, 1.82) is 0 Å². The van der Waals surface area contributed by atoms with Crippen molar-refractivity contribution >= 4 is 30.0 Å². The van der Waals surface area contributed by atoms with E-state index in [4.69, 9.17) is 5.11 Å². The molecule has 1 radical (unpaired) electrons. The van der Waals surface area contributed by atoms with Gasteiger partial charge in [-0.3, -0.25) is 19.2 Å². The first-order chi connectivity index (χ1) is 16.8. The number of hydrogen-bond donors (Lipinski definition) is 3. The van der Waals surface area contributed by atoms with E-state index in [1.165, 1.54) is 56.9 Å². The summed E-state index contributed by atoms with van der Waals surface area (Å²) in [6, 6.07) is -1.11. The molecule has 201 valence electrons. The quantitative estimate of drug-likeness (QED) is 0.169. The Morgan fingerprint density at radius 1 is 0.714 bits per heavy atom. The lowest BCUT2D eigenvalue weighted by molar-refractivity contribution is -0.142. The molecule has 0 aliphatic carbocycles. The molecule has 0 aromatic heterocycles. The zero-order chi connectivity index (χ0) is 26.3. The van der Waals surface area contributed by atoms with Gasteiger partial charge < -0.3 is 20.4 Å². The fraction of sp³-hybridized carbons (Fsp3) is 0.808. The molecule has 35 heavy (non-hydrogen) atoms. The number of nitrogens with zero attached hydrogens (tertiary/aromatic N) is 1. The van der Waals surface area contributed by atoms with E-state index in [0.717, 1.165) is 38.5 Å². The Balaban J connectivity index is 3.64. The van der Waals surface area contributed by atoms with Crippen LogP contribution in [0.15, 0.2) is 0 Å². The molecular formula is C26H45N2O7. The monoisotopic (exact) mass is 497 g/mol. The molecule has 0 saturated heterocycles. The van der Waals surface area contributed by atoms with E-state index in [1.54, 1.807) is 6.29 Å². The third-order valence-electron chi connectivity index (χ3n) is 6.05. The maximum atomic E-state index is 12.1. The topological polar surface area (TPSA) is 141 Å². The predicted molar refractivity (Wildman–Crippen MR) is 134 cm³/mol. The minimum atomic E-state index is -1.17. The second-order valence-electron chi connectivity index (χ2n) is 9.23. The van der Waals surface area contributed by atoms with Gasteiger partial charge in [0.05, 0.1) is 6.54 Å². The molecule has 0 spiro atoms. The van der Waals surface area contributed by atoms with Gasteiger partial charge in [0.15, 0.2) is 0 Å². The van der Waals surface area contributed by atoms with Crippen molar-refractivity contribution in [3.05, 3.63) is 0 Å². The van der Waals surface area contributed by atoms with Crippen LogP contribution in [-0.4, -0.2) is 64.8 Å². The first kappa shape index (κ1) is 32.5. The summed E-state index contributed by atoms with van der Waals surface area (Å²) in [5, 5.41) is 20.4. The number of carbonyl (C=O) groups excluding carboxylic acids is 3. The molecule has 0 unspecified atom stereocenters. The van der Waals surface area contributed by atoms with E-state index in [1.807, 2.05) is 0 Å². The highest BCUT2D eigenvalue weighted by Crippen LogP contribution is 2.14. The summed E-state index contributed by atoms with van der Waals surface area (Å²) < 4.78 is 0. The van der Waals surface area contributed by atoms with Gasteiger partial charge in [-0.25, -0.2) is 4.79 Å². The number of aliphatic carboxylic acids is 2. The lowest BCUT2D eigenvalue weighted by Gasteiger charge is -2.17. The van der Waals surface area contributed by atoms with E-state index in [-0.39, 0.29) is 44.0 Å². The van der Waals surface area contributed by atoms with Crippen LogP contribution < -0.4 is 5.32 Å². The average Bonchev–Trinajstić information content (AvgIpc) is 2.80. The van der Waals surface area contributed by atoms with Crippen molar-refractivity contribution in [3.63, 3.8) is 0 Å². The summed E-state index contributed by atoms with van der Waals surface area (Å²) in [5.41, 5.74) is 0. The lowest BCUT2D eigenvalue weighted by atomic mass is 10.0. The maximum Gasteiger partial charge on any atom is 0.326 e. The van der Waals surface area contributed by atoms with Crippen LogP contribution in [0.2, 0.25) is 0 Å². The highest BCUT2D eigenvalue weighted by molar-refractivity contribution is 5.84. The summed E-state index contributed by atoms with van der Waals surface area (Å²) in [4.78, 5) is 57.2. The zero-order valence-electron chi connectivity index (χ0n) is 21.4. The van der Waals surface area contributed by atoms with Gasteiger partial charge in [0.2, 0.25) is 18.1 Å². The van der Waals surface area contributed by atoms with Crippen LogP contribution >= 0.6 is 0 Å². The Hall–Kier alpha value is -2.45. The van der Waals surface area contributed by atoms with Crippen molar-refractivity contribution in [2.24, 2.45) is 0 Å². The molecule has 0 aromatic carbocycles. The Morgan fingerprint density at radius 2 is 1.14 bits per heavy atom. The van der Waals surface area contributed by atoms with Crippen LogP contribution in [0.1, 0.15) is 116 Å². The van der Waals surface area contributed by atoms with Crippen LogP contribution in [0.4, 0.5) is 0 Å². The molecule has 0 aromatic rings. The number of amides is 2. The summed E-state index contributed by atoms with van der Waals surface area (Å²) >= 11 is 0. The number of likely N-dealkylation sites (N-methyl/N-ethyl adjacent to an activating group) is 1. The highest BCUT2D eigenvalue weighted by atomic mass is 16.4. The van der Waals surface area contributed by atoms with Gasteiger partial charge in [0.25, 0.3) is 0 Å². The second kappa shape index (κ2) is 22.0. The normalized spacial score (nSPS) is 11.6. The van der Waals surface area contributed by atoms with Crippen LogP contribution in [0.25, 0.3) is 0 Å². The second-order valence-corrected chi connectivity index (χ2v) is 9.23. The van der Waals surface area contributed by atoms with Gasteiger partial charge in [0, 0.05) is 26.3 Å². The summed E-state index contributed by atoms with van der Waals surface area (Å²) in [7, 11) is 1.44. The van der Waals surface area contributed by atoms with Crippen LogP contribution in [0.5, 0.6) is 0 Å². The Morgan fingerprint density at radius 3 is 1.54 bits per heavy atom. The lowest BCUT2D eigenvalue weighted by Crippen LogP contribution is -2.41. The number of carboxylic acids is 2. The third-order valence-corrected chi connectivity index (χ3v) is 6.05. The fourth-order valence-corrected chi connectivity index (χ4v) is 3.85. The number of unbranched alkanes of at least 4 members (excludes halogenated alkanes) is 13. The SMILES string of the molecule is CN(C[C]=O)C(=O)CC[C@H](NC(=O)CCCCCCCCCCCCCCCCC(=O)O)C(=O)O. The first-order valence-corrected chi connectivity index (χ1v) is 13.1. The third kappa shape index (κ3) is 20.6. The molecule has 3 N–H and O–H groups in total. The summed E-state index contributed by atoms with van der Waals surface area (Å²) in [5.74, 6) is -2.56. The minimum Gasteiger partial charge on any atom is -0.481 e. The van der Waals surface area contributed by atoms with E-state index in [0.29, 0.717) is 6.42 Å². The highest BCUT2D eigenvalue weighted by Gasteiger charge is 2.21. The molecule has 9 nitrogen and oxygen atoms in total. The zero-order valence-corrected chi connectivity index (χ0v) is 21.4. The maximum absolute atomic E-state index is 12.1. The van der Waals surface area contributed by atoms with Crippen molar-refractivity contribution < 1.29 is 34.2 Å². The van der Waals surface area contributed by atoms with Crippen molar-refractivity contribution in [2.75, 3.05) is 13.6 Å². The Bertz CT molecular complexity index is 625. The smallest absolute Gasteiger partial charge is 0.326 e. The van der Waals surface area contributed by atoms with Gasteiger partial charge in [0.1, 0.15) is 6.04 Å².